The third kappa shape index (κ3) is 2.63. The van der Waals surface area contributed by atoms with E-state index in [1.807, 2.05) is 31.5 Å². The van der Waals surface area contributed by atoms with Crippen molar-refractivity contribution in [3.05, 3.63) is 29.1 Å². The number of pyridine rings is 1. The average molecular weight is 224 g/mol. The minimum absolute atomic E-state index is 0.294. The second kappa shape index (κ2) is 5.47. The SMILES string of the molecule is [2H]C([2H])([2H])c1c[n+](C)c(C(C)C)cc1C([2H])(CC)CC. The van der Waals surface area contributed by atoms with Gasteiger partial charge in [-0.15, -0.1) is 0 Å². The van der Waals surface area contributed by atoms with Gasteiger partial charge in [-0.3, -0.25) is 0 Å². The predicted octanol–water partition coefficient (Wildman–Crippen LogP) is 3.85. The van der Waals surface area contributed by atoms with Gasteiger partial charge in [-0.1, -0.05) is 27.7 Å². The summed E-state index contributed by atoms with van der Waals surface area (Å²) in [6, 6.07) is 1.92. The van der Waals surface area contributed by atoms with E-state index in [9.17, 15) is 0 Å². The molecule has 0 spiro atoms. The predicted molar refractivity (Wildman–Crippen MR) is 69.8 cm³/mol. The van der Waals surface area contributed by atoms with Gasteiger partial charge in [0.15, 0.2) is 11.9 Å². The molecule has 1 aromatic heterocycles. The summed E-state index contributed by atoms with van der Waals surface area (Å²) in [7, 11) is 1.87. The van der Waals surface area contributed by atoms with Crippen LogP contribution in [0.15, 0.2) is 12.3 Å². The van der Waals surface area contributed by atoms with E-state index >= 15 is 0 Å². The Balaban J connectivity index is 3.65. The number of hydrogen-bond acceptors (Lipinski definition) is 0. The van der Waals surface area contributed by atoms with E-state index in [1.54, 1.807) is 6.20 Å². The van der Waals surface area contributed by atoms with Crippen LogP contribution in [0.4, 0.5) is 0 Å². The van der Waals surface area contributed by atoms with Crippen LogP contribution in [0.1, 0.15) is 74.7 Å². The molecule has 1 rings (SSSR count). The molecule has 16 heavy (non-hydrogen) atoms. The van der Waals surface area contributed by atoms with Gasteiger partial charge >= 0.3 is 0 Å². The average Bonchev–Trinajstić information content (AvgIpc) is 2.36. The first-order valence-electron chi connectivity index (χ1n) is 8.11. The third-order valence-electron chi connectivity index (χ3n) is 3.14. The lowest BCUT2D eigenvalue weighted by Gasteiger charge is -2.16. The molecular formula is C15H26N+. The number of aryl methyl sites for hydroxylation is 2. The fraction of sp³-hybridized carbons (Fsp3) is 0.667. The molecule has 0 N–H and O–H groups in total. The summed E-state index contributed by atoms with van der Waals surface area (Å²) < 4.78 is 33.8. The van der Waals surface area contributed by atoms with Gasteiger partial charge < -0.3 is 0 Å². The van der Waals surface area contributed by atoms with Crippen molar-refractivity contribution in [2.75, 3.05) is 0 Å². The largest absolute Gasteiger partial charge is 0.205 e. The maximum atomic E-state index is 8.63. The van der Waals surface area contributed by atoms with Crippen LogP contribution in [0.25, 0.3) is 0 Å². The smallest absolute Gasteiger partial charge is 0.183 e. The van der Waals surface area contributed by atoms with Crippen molar-refractivity contribution < 1.29 is 10.1 Å². The van der Waals surface area contributed by atoms with Crippen LogP contribution in [-0.4, -0.2) is 0 Å². The molecule has 0 radical (unpaired) electrons. The maximum absolute atomic E-state index is 8.63. The van der Waals surface area contributed by atoms with Crippen molar-refractivity contribution in [2.24, 2.45) is 7.05 Å². The molecule has 0 fully saturated rings. The Morgan fingerprint density at radius 1 is 1.38 bits per heavy atom. The standard InChI is InChI=1S/C15H26N/c1-7-13(8-2)14-9-15(11(3)4)16(6)10-12(14)5/h9-11,13H,7-8H2,1-6H3/q+1/i5D3,13D. The minimum Gasteiger partial charge on any atom is -0.205 e. The first-order valence-corrected chi connectivity index (χ1v) is 6.11. The maximum Gasteiger partial charge on any atom is 0.183 e. The van der Waals surface area contributed by atoms with E-state index < -0.39 is 12.7 Å². The Morgan fingerprint density at radius 3 is 2.44 bits per heavy atom. The fourth-order valence-corrected chi connectivity index (χ4v) is 2.16. The second-order valence-corrected chi connectivity index (χ2v) is 4.60. The van der Waals surface area contributed by atoms with Crippen LogP contribution in [-0.2, 0) is 7.05 Å². The molecular weight excluding hydrogens is 194 g/mol. The molecule has 0 amide bonds. The molecule has 90 valence electrons. The zero-order chi connectivity index (χ0) is 15.7. The second-order valence-electron chi connectivity index (χ2n) is 4.60. The van der Waals surface area contributed by atoms with Gasteiger partial charge in [0.25, 0.3) is 0 Å². The van der Waals surface area contributed by atoms with Gasteiger partial charge in [-0.05, 0) is 31.2 Å². The Bertz CT molecular complexity index is 473. The molecule has 1 aromatic rings. The van der Waals surface area contributed by atoms with Gasteiger partial charge in [-0.25, -0.2) is 4.57 Å². The van der Waals surface area contributed by atoms with Crippen LogP contribution in [0, 0.1) is 6.85 Å². The molecule has 0 saturated heterocycles. The normalized spacial score (nSPS) is 16.6. The van der Waals surface area contributed by atoms with Crippen molar-refractivity contribution in [3.8, 4) is 0 Å². The highest BCUT2D eigenvalue weighted by atomic mass is 14.9. The Labute approximate surface area is 106 Å². The number of nitrogens with zero attached hydrogens (tertiary/aromatic N) is 1. The number of rotatable bonds is 4. The first kappa shape index (κ1) is 8.27. The van der Waals surface area contributed by atoms with E-state index in [4.69, 9.17) is 5.48 Å². The lowest BCUT2D eigenvalue weighted by molar-refractivity contribution is -0.680. The fourth-order valence-electron chi connectivity index (χ4n) is 2.16. The Kier molecular flexibility index (Phi) is 2.83. The van der Waals surface area contributed by atoms with Crippen molar-refractivity contribution >= 4 is 0 Å². The third-order valence-corrected chi connectivity index (χ3v) is 3.14. The quantitative estimate of drug-likeness (QED) is 0.684. The Morgan fingerprint density at radius 2 is 2.00 bits per heavy atom. The molecule has 0 aliphatic heterocycles. The van der Waals surface area contributed by atoms with Gasteiger partial charge in [0.05, 0.1) is 0 Å². The van der Waals surface area contributed by atoms with E-state index in [0.717, 1.165) is 5.69 Å². The lowest BCUT2D eigenvalue weighted by atomic mass is 9.90. The molecule has 0 aromatic carbocycles. The summed E-state index contributed by atoms with van der Waals surface area (Å²) >= 11 is 0. The lowest BCUT2D eigenvalue weighted by Crippen LogP contribution is -2.35. The first-order chi connectivity index (χ1) is 9.06. The monoisotopic (exact) mass is 224 g/mol. The summed E-state index contributed by atoms with van der Waals surface area (Å²) in [5, 5.41) is 0. The molecule has 0 saturated carbocycles. The molecule has 0 atom stereocenters. The van der Waals surface area contributed by atoms with Crippen LogP contribution < -0.4 is 4.57 Å². The summed E-state index contributed by atoms with van der Waals surface area (Å²) in [6.07, 6.45) is 2.90. The molecule has 0 aliphatic rings. The van der Waals surface area contributed by atoms with Crippen LogP contribution in [0.5, 0.6) is 0 Å². The van der Waals surface area contributed by atoms with Gasteiger partial charge in [0.1, 0.15) is 7.05 Å². The molecule has 1 heterocycles. The molecule has 1 nitrogen and oxygen atoms in total. The highest BCUT2D eigenvalue weighted by Gasteiger charge is 2.18. The summed E-state index contributed by atoms with van der Waals surface area (Å²) in [6.45, 7) is 5.87. The van der Waals surface area contributed by atoms with Crippen LogP contribution in [0.2, 0.25) is 0 Å². The number of hydrogen-bond donors (Lipinski definition) is 0. The minimum atomic E-state index is -2.18. The van der Waals surface area contributed by atoms with Gasteiger partial charge in [0, 0.05) is 23.0 Å². The van der Waals surface area contributed by atoms with Gasteiger partial charge in [-0.2, -0.15) is 0 Å². The highest BCUT2D eigenvalue weighted by Crippen LogP contribution is 2.27. The highest BCUT2D eigenvalue weighted by molar-refractivity contribution is 5.27. The molecule has 1 heteroatoms. The van der Waals surface area contributed by atoms with Gasteiger partial charge in [0.2, 0.25) is 0 Å². The zero-order valence-electron chi connectivity index (χ0n) is 15.1. The van der Waals surface area contributed by atoms with Crippen LogP contribution >= 0.6 is 0 Å². The summed E-state index contributed by atoms with van der Waals surface area (Å²) in [5.74, 6) is -0.538. The molecule has 0 unspecified atom stereocenters. The van der Waals surface area contributed by atoms with E-state index in [-0.39, 0.29) is 0 Å². The zero-order valence-corrected chi connectivity index (χ0v) is 11.1. The van der Waals surface area contributed by atoms with Crippen molar-refractivity contribution in [3.63, 3.8) is 0 Å². The molecule has 0 bridgehead atoms. The Hall–Kier alpha value is -0.850. The molecule has 0 aliphatic carbocycles. The van der Waals surface area contributed by atoms with Crippen molar-refractivity contribution in [1.82, 2.24) is 0 Å². The van der Waals surface area contributed by atoms with E-state index in [0.29, 0.717) is 29.9 Å². The van der Waals surface area contributed by atoms with E-state index in [2.05, 4.69) is 13.8 Å². The topological polar surface area (TPSA) is 3.88 Å². The van der Waals surface area contributed by atoms with E-state index in [1.165, 1.54) is 0 Å². The van der Waals surface area contributed by atoms with Crippen molar-refractivity contribution in [2.45, 2.75) is 59.2 Å². The summed E-state index contributed by atoms with van der Waals surface area (Å²) in [4.78, 5) is 0. The number of aromatic nitrogens is 1. The van der Waals surface area contributed by atoms with Crippen LogP contribution in [0.3, 0.4) is 0 Å². The summed E-state index contributed by atoms with van der Waals surface area (Å²) in [5.41, 5.74) is 2.03. The van der Waals surface area contributed by atoms with Crippen molar-refractivity contribution in [1.29, 1.82) is 0 Å².